The third kappa shape index (κ3) is 3.88. The van der Waals surface area contributed by atoms with E-state index < -0.39 is 11.9 Å². The van der Waals surface area contributed by atoms with Crippen molar-refractivity contribution in [1.82, 2.24) is 4.90 Å². The van der Waals surface area contributed by atoms with Crippen molar-refractivity contribution >= 4 is 11.6 Å². The maximum absolute atomic E-state index is 11.8. The largest absolute Gasteiger partial charge is 0.462 e. The number of rotatable bonds is 6. The number of hydrogen-bond donors (Lipinski definition) is 3. The number of aliphatic hydroxyl groups is 1. The number of primary amides is 1. The lowest BCUT2D eigenvalue weighted by Gasteiger charge is -2.36. The minimum absolute atomic E-state index is 0.0120. The van der Waals surface area contributed by atoms with Gasteiger partial charge in [0.05, 0.1) is 6.61 Å². The Balaban J connectivity index is 1.63. The molecule has 0 saturated carbocycles. The first-order valence-electron chi connectivity index (χ1n) is 8.54. The Morgan fingerprint density at radius 3 is 2.80 bits per heavy atom. The third-order valence-electron chi connectivity index (χ3n) is 4.80. The van der Waals surface area contributed by atoms with Gasteiger partial charge in [-0.3, -0.25) is 9.69 Å². The van der Waals surface area contributed by atoms with Crippen molar-refractivity contribution < 1.29 is 19.4 Å². The Morgan fingerprint density at radius 2 is 2.20 bits per heavy atom. The molecule has 3 rings (SSSR count). The van der Waals surface area contributed by atoms with Crippen molar-refractivity contribution in [2.24, 2.45) is 5.73 Å². The van der Waals surface area contributed by atoms with Gasteiger partial charge >= 0.3 is 0 Å². The predicted octanol–water partition coefficient (Wildman–Crippen LogP) is 1.06. The first-order valence-corrected chi connectivity index (χ1v) is 8.54. The number of hydrogen-bond acceptors (Lipinski definition) is 6. The molecule has 7 nitrogen and oxygen atoms in total. The summed E-state index contributed by atoms with van der Waals surface area (Å²) in [4.78, 5) is 13.9. The van der Waals surface area contributed by atoms with Gasteiger partial charge in [0, 0.05) is 30.4 Å². The van der Waals surface area contributed by atoms with Crippen molar-refractivity contribution in [2.45, 2.75) is 38.5 Å². The molecule has 1 fully saturated rings. The van der Waals surface area contributed by atoms with Gasteiger partial charge in [-0.2, -0.15) is 0 Å². The van der Waals surface area contributed by atoms with Crippen LogP contribution in [0.5, 0.6) is 0 Å². The van der Waals surface area contributed by atoms with Crippen molar-refractivity contribution in [1.29, 1.82) is 0 Å². The van der Waals surface area contributed by atoms with Crippen LogP contribution in [0, 0.1) is 6.92 Å². The summed E-state index contributed by atoms with van der Waals surface area (Å²) in [7, 11) is 0. The van der Waals surface area contributed by atoms with E-state index in [0.29, 0.717) is 5.76 Å². The number of ether oxygens (including phenoxy) is 2. The number of piperidine rings is 1. The van der Waals surface area contributed by atoms with E-state index in [1.165, 1.54) is 6.26 Å². The fraction of sp³-hybridized carbons (Fsp3) is 0.500. The first kappa shape index (κ1) is 17.6. The minimum Gasteiger partial charge on any atom is -0.462 e. The maximum Gasteiger partial charge on any atom is 0.242 e. The number of nitrogens with zero attached hydrogens (tertiary/aromatic N) is 1. The molecule has 0 radical (unpaired) electrons. The lowest BCUT2D eigenvalue weighted by atomic mass is 10.00. The number of carbonyl (C=O) groups is 1. The van der Waals surface area contributed by atoms with Crippen LogP contribution in [0.2, 0.25) is 0 Å². The van der Waals surface area contributed by atoms with Crippen LogP contribution in [0.4, 0.5) is 5.69 Å². The normalized spacial score (nSPS) is 19.7. The summed E-state index contributed by atoms with van der Waals surface area (Å²) in [5.74, 6) is 0.0602. The summed E-state index contributed by atoms with van der Waals surface area (Å²) in [6, 6.07) is 5.62. The average Bonchev–Trinajstić information content (AvgIpc) is 3.12. The van der Waals surface area contributed by atoms with Crippen molar-refractivity contribution in [2.75, 3.05) is 25.2 Å². The molecule has 1 atom stereocenters. The van der Waals surface area contributed by atoms with Crippen LogP contribution in [-0.2, 0) is 20.9 Å². The molecule has 0 bridgehead atoms. The Labute approximate surface area is 147 Å². The van der Waals surface area contributed by atoms with Crippen LogP contribution in [0.3, 0.4) is 0 Å². The minimum atomic E-state index is -0.574. The van der Waals surface area contributed by atoms with Gasteiger partial charge in [0.2, 0.25) is 12.7 Å². The molecule has 0 aromatic heterocycles. The summed E-state index contributed by atoms with van der Waals surface area (Å²) >= 11 is 0. The number of aliphatic hydroxyl groups excluding tert-OH is 1. The van der Waals surface area contributed by atoms with Crippen LogP contribution in [0.25, 0.3) is 0 Å². The molecule has 4 N–H and O–H groups in total. The summed E-state index contributed by atoms with van der Waals surface area (Å²) < 4.78 is 10.4. The van der Waals surface area contributed by atoms with Gasteiger partial charge < -0.3 is 25.6 Å². The standard InChI is InChI=1S/C18H25N3O4/c1-12-3-2-4-13(9-22)16(12)20-14-5-7-21(8-6-14)17(18(19)23)15-10-24-11-25-15/h2-4,10,14,17,20,22H,5-9,11H2,1H3,(H2,19,23). The Bertz CT molecular complexity index is 654. The third-order valence-corrected chi connectivity index (χ3v) is 4.80. The van der Waals surface area contributed by atoms with E-state index >= 15 is 0 Å². The van der Waals surface area contributed by atoms with E-state index in [0.717, 1.165) is 42.7 Å². The highest BCUT2D eigenvalue weighted by molar-refractivity contribution is 5.82. The molecule has 1 aromatic carbocycles. The van der Waals surface area contributed by atoms with Crippen LogP contribution < -0.4 is 11.1 Å². The molecule has 1 amide bonds. The van der Waals surface area contributed by atoms with E-state index in [1.54, 1.807) is 0 Å². The molecule has 0 aliphatic carbocycles. The Kier molecular flexibility index (Phi) is 5.45. The van der Waals surface area contributed by atoms with Crippen LogP contribution in [0.1, 0.15) is 24.0 Å². The van der Waals surface area contributed by atoms with Gasteiger partial charge in [-0.25, -0.2) is 0 Å². The second-order valence-electron chi connectivity index (χ2n) is 6.48. The van der Waals surface area contributed by atoms with Crippen molar-refractivity contribution in [3.63, 3.8) is 0 Å². The van der Waals surface area contributed by atoms with E-state index in [9.17, 15) is 9.90 Å². The quantitative estimate of drug-likeness (QED) is 0.712. The highest BCUT2D eigenvalue weighted by Crippen LogP contribution is 2.26. The van der Waals surface area contributed by atoms with Crippen molar-refractivity contribution in [3.05, 3.63) is 41.3 Å². The summed E-state index contributed by atoms with van der Waals surface area (Å²) in [6.07, 6.45) is 3.22. The number of benzene rings is 1. The van der Waals surface area contributed by atoms with E-state index in [2.05, 4.69) is 5.32 Å². The Morgan fingerprint density at radius 1 is 1.44 bits per heavy atom. The lowest BCUT2D eigenvalue weighted by molar-refractivity contribution is -0.123. The van der Waals surface area contributed by atoms with Gasteiger partial charge in [-0.15, -0.1) is 0 Å². The monoisotopic (exact) mass is 347 g/mol. The molecule has 136 valence electrons. The fourth-order valence-electron chi connectivity index (χ4n) is 3.47. The number of aryl methyl sites for hydroxylation is 1. The fourth-order valence-corrected chi connectivity index (χ4v) is 3.47. The lowest BCUT2D eigenvalue weighted by Crippen LogP contribution is -2.51. The number of nitrogens with two attached hydrogens (primary N) is 1. The van der Waals surface area contributed by atoms with Crippen LogP contribution in [0.15, 0.2) is 30.2 Å². The zero-order valence-corrected chi connectivity index (χ0v) is 14.4. The van der Waals surface area contributed by atoms with E-state index in [4.69, 9.17) is 15.2 Å². The molecule has 7 heteroatoms. The van der Waals surface area contributed by atoms with Gasteiger partial charge in [0.15, 0.2) is 11.8 Å². The second-order valence-corrected chi connectivity index (χ2v) is 6.48. The molecule has 0 spiro atoms. The summed E-state index contributed by atoms with van der Waals surface area (Å²) in [5.41, 5.74) is 8.59. The molecule has 1 saturated heterocycles. The van der Waals surface area contributed by atoms with Gasteiger partial charge in [0.25, 0.3) is 0 Å². The first-order chi connectivity index (χ1) is 12.1. The molecular weight excluding hydrogens is 322 g/mol. The molecule has 2 heterocycles. The smallest absolute Gasteiger partial charge is 0.242 e. The number of likely N-dealkylation sites (tertiary alicyclic amines) is 1. The van der Waals surface area contributed by atoms with Gasteiger partial charge in [-0.05, 0) is 25.3 Å². The SMILES string of the molecule is Cc1cccc(CO)c1NC1CCN(C(C(N)=O)C2=COCO2)CC1. The Hall–Kier alpha value is -2.25. The number of carbonyl (C=O) groups excluding carboxylic acids is 1. The number of nitrogens with one attached hydrogen (secondary N) is 1. The van der Waals surface area contributed by atoms with Gasteiger partial charge in [0.1, 0.15) is 6.26 Å². The summed E-state index contributed by atoms with van der Waals surface area (Å²) in [6.45, 7) is 3.63. The van der Waals surface area contributed by atoms with Crippen LogP contribution in [-0.4, -0.2) is 47.9 Å². The van der Waals surface area contributed by atoms with E-state index in [1.807, 2.05) is 30.0 Å². The molecule has 1 unspecified atom stereocenters. The molecule has 2 aliphatic heterocycles. The van der Waals surface area contributed by atoms with E-state index in [-0.39, 0.29) is 19.4 Å². The van der Waals surface area contributed by atoms with Crippen LogP contribution >= 0.6 is 0 Å². The second kappa shape index (κ2) is 7.76. The molecule has 2 aliphatic rings. The maximum atomic E-state index is 11.8. The van der Waals surface area contributed by atoms with Gasteiger partial charge in [-0.1, -0.05) is 18.2 Å². The average molecular weight is 347 g/mol. The number of para-hydroxylation sites is 1. The highest BCUT2D eigenvalue weighted by Gasteiger charge is 2.34. The van der Waals surface area contributed by atoms with Crippen molar-refractivity contribution in [3.8, 4) is 0 Å². The number of anilines is 1. The predicted molar refractivity (Wildman–Crippen MR) is 93.4 cm³/mol. The molecule has 1 aromatic rings. The number of amides is 1. The summed E-state index contributed by atoms with van der Waals surface area (Å²) in [5, 5.41) is 13.1. The topological polar surface area (TPSA) is 97.1 Å². The zero-order valence-electron chi connectivity index (χ0n) is 14.4. The zero-order chi connectivity index (χ0) is 17.8. The highest BCUT2D eigenvalue weighted by atomic mass is 16.7. The molecule has 25 heavy (non-hydrogen) atoms. The molecular formula is C18H25N3O4.